The summed E-state index contributed by atoms with van der Waals surface area (Å²) in [5.74, 6) is -0.160. The maximum atomic E-state index is 13.9. The molecule has 13 heteroatoms. The molecule has 3 aromatic carbocycles. The van der Waals surface area contributed by atoms with E-state index in [-0.39, 0.29) is 16.4 Å². The van der Waals surface area contributed by atoms with Gasteiger partial charge >= 0.3 is 12.1 Å². The minimum atomic E-state index is -4.89. The number of fused-ring (bicyclic) bond motifs is 1. The van der Waals surface area contributed by atoms with Gasteiger partial charge in [-0.05, 0) is 87.6 Å². The molecular formula is C30H31ClF3NO6S2. The summed E-state index contributed by atoms with van der Waals surface area (Å²) < 4.78 is 94.7. The number of carbonyl (C=O) groups excluding carboxylic acids is 1. The molecular weight excluding hydrogens is 627 g/mol. The van der Waals surface area contributed by atoms with E-state index in [0.717, 1.165) is 10.4 Å². The van der Waals surface area contributed by atoms with Gasteiger partial charge in [0.25, 0.3) is 0 Å². The van der Waals surface area contributed by atoms with Gasteiger partial charge in [-0.2, -0.15) is 17.5 Å². The number of hydrogen-bond acceptors (Lipinski definition) is 6. The average molecular weight is 658 g/mol. The summed E-state index contributed by atoms with van der Waals surface area (Å²) >= 11 is 3.77. The van der Waals surface area contributed by atoms with Crippen LogP contribution in [0.4, 0.5) is 13.2 Å². The molecule has 0 saturated heterocycles. The molecule has 0 amide bonds. The Balaban J connectivity index is 1.68. The monoisotopic (exact) mass is 657 g/mol. The van der Waals surface area contributed by atoms with E-state index in [1.807, 2.05) is 0 Å². The summed E-state index contributed by atoms with van der Waals surface area (Å²) in [5.41, 5.74) is -0.598. The fourth-order valence-corrected chi connectivity index (χ4v) is 7.59. The van der Waals surface area contributed by atoms with E-state index in [1.54, 1.807) is 39.0 Å². The van der Waals surface area contributed by atoms with Gasteiger partial charge < -0.3 is 14.0 Å². The van der Waals surface area contributed by atoms with E-state index in [0.29, 0.717) is 53.3 Å². The van der Waals surface area contributed by atoms with Gasteiger partial charge in [-0.3, -0.25) is 0 Å². The van der Waals surface area contributed by atoms with Crippen molar-refractivity contribution < 1.29 is 40.4 Å². The van der Waals surface area contributed by atoms with Crippen LogP contribution in [0, 0.1) is 0 Å². The first-order chi connectivity index (χ1) is 20.0. The van der Waals surface area contributed by atoms with Crippen molar-refractivity contribution in [2.45, 2.75) is 72.5 Å². The van der Waals surface area contributed by atoms with E-state index in [2.05, 4.69) is 0 Å². The van der Waals surface area contributed by atoms with Gasteiger partial charge in [-0.25, -0.2) is 13.2 Å². The van der Waals surface area contributed by atoms with Gasteiger partial charge in [0.15, 0.2) is 16.4 Å². The Hall–Kier alpha value is -2.77. The summed E-state index contributed by atoms with van der Waals surface area (Å²) in [6.07, 6.45) is -3.36. The zero-order valence-corrected chi connectivity index (χ0v) is 26.3. The lowest BCUT2D eigenvalue weighted by Crippen LogP contribution is -2.34. The molecule has 1 aliphatic carbocycles. The maximum Gasteiger partial charge on any atom is 0.416 e. The molecule has 43 heavy (non-hydrogen) atoms. The molecule has 232 valence electrons. The highest BCUT2D eigenvalue weighted by molar-refractivity contribution is 7.91. The van der Waals surface area contributed by atoms with Crippen molar-refractivity contribution in [1.82, 2.24) is 4.31 Å². The first-order valence-electron chi connectivity index (χ1n) is 13.3. The second kappa shape index (κ2) is 12.7. The van der Waals surface area contributed by atoms with Crippen molar-refractivity contribution in [3.8, 4) is 5.75 Å². The van der Waals surface area contributed by atoms with Crippen molar-refractivity contribution in [3.05, 3.63) is 82.4 Å². The Labute approximate surface area is 257 Å². The third-order valence-corrected chi connectivity index (χ3v) is 10.2. The van der Waals surface area contributed by atoms with Crippen molar-refractivity contribution in [1.29, 1.82) is 0 Å². The van der Waals surface area contributed by atoms with E-state index in [4.69, 9.17) is 21.1 Å². The smallest absolute Gasteiger partial charge is 0.416 e. The molecule has 0 radical (unpaired) electrons. The van der Waals surface area contributed by atoms with Crippen molar-refractivity contribution in [2.24, 2.45) is 0 Å². The predicted octanol–water partition coefficient (Wildman–Crippen LogP) is 6.94. The lowest BCUT2D eigenvalue weighted by molar-refractivity contribution is -0.157. The summed E-state index contributed by atoms with van der Waals surface area (Å²) in [5, 5.41) is 0.348. The number of benzene rings is 3. The highest BCUT2D eigenvalue weighted by Gasteiger charge is 2.38. The van der Waals surface area contributed by atoms with E-state index >= 15 is 0 Å². The van der Waals surface area contributed by atoms with E-state index < -0.39 is 55.4 Å². The standard InChI is InChI=1S/C30H31ClF3NO6S2/c1-29(2,3)41-28(36)18-40-27-10-6-7-24-25(27)8-5-9-26(24)35(4)43(38,39)23-16-19(30(32,33)34)15-22(17-23)42(37)21-13-11-20(31)12-14-21/h6-7,10-17,26H,5,8-9,18H2,1-4H3/t26-,42?/m1/s1. The zero-order valence-electron chi connectivity index (χ0n) is 23.9. The molecule has 7 nitrogen and oxygen atoms in total. The molecule has 3 aromatic rings. The van der Waals surface area contributed by atoms with Gasteiger partial charge in [-0.15, -0.1) is 0 Å². The summed E-state index contributed by atoms with van der Waals surface area (Å²) in [6, 6.07) is 12.3. The van der Waals surface area contributed by atoms with Crippen molar-refractivity contribution in [2.75, 3.05) is 13.7 Å². The third-order valence-electron chi connectivity index (χ3n) is 6.76. The molecule has 0 aliphatic heterocycles. The Morgan fingerprint density at radius 2 is 1.74 bits per heavy atom. The van der Waals surface area contributed by atoms with Crippen LogP contribution in [0.15, 0.2) is 75.4 Å². The SMILES string of the molecule is CN([C@@H]1CCCc2c(OCC(=O)OC(C)(C)C)cccc21)S(=O)(=O)c1cc([S+]([O-])c2ccc(Cl)cc2)cc(C(F)(F)F)c1. The van der Waals surface area contributed by atoms with Crippen LogP contribution < -0.4 is 4.74 Å². The fourth-order valence-electron chi connectivity index (χ4n) is 4.83. The number of halogens is 4. The summed E-state index contributed by atoms with van der Waals surface area (Å²) in [7, 11) is -3.20. The fraction of sp³-hybridized carbons (Fsp3) is 0.367. The molecule has 0 saturated carbocycles. The largest absolute Gasteiger partial charge is 0.606 e. The first kappa shape index (κ1) is 33.1. The molecule has 0 aromatic heterocycles. The van der Waals surface area contributed by atoms with Crippen LogP contribution in [0.3, 0.4) is 0 Å². The Morgan fingerprint density at radius 3 is 2.37 bits per heavy atom. The number of ether oxygens (including phenoxy) is 2. The molecule has 0 heterocycles. The Morgan fingerprint density at radius 1 is 1.07 bits per heavy atom. The minimum Gasteiger partial charge on any atom is -0.606 e. The van der Waals surface area contributed by atoms with Crippen LogP contribution >= 0.6 is 11.6 Å². The molecule has 0 spiro atoms. The summed E-state index contributed by atoms with van der Waals surface area (Å²) in [6.45, 7) is 4.86. The van der Waals surface area contributed by atoms with Gasteiger partial charge in [0.05, 0.1) is 16.5 Å². The van der Waals surface area contributed by atoms with Gasteiger partial charge in [0.1, 0.15) is 11.4 Å². The molecule has 4 rings (SSSR count). The Kier molecular flexibility index (Phi) is 9.77. The number of rotatable bonds is 8. The van der Waals surface area contributed by atoms with Crippen LogP contribution in [0.25, 0.3) is 0 Å². The summed E-state index contributed by atoms with van der Waals surface area (Å²) in [4.78, 5) is 11.4. The van der Waals surface area contributed by atoms with Crippen LogP contribution in [-0.2, 0) is 43.3 Å². The number of alkyl halides is 3. The second-order valence-corrected chi connectivity index (χ2v) is 15.0. The normalized spacial score (nSPS) is 16.5. The van der Waals surface area contributed by atoms with E-state index in [1.165, 1.54) is 31.3 Å². The molecule has 1 aliphatic rings. The van der Waals surface area contributed by atoms with E-state index in [9.17, 15) is 30.9 Å². The number of esters is 1. The van der Waals surface area contributed by atoms with Gasteiger partial charge in [0, 0.05) is 35.4 Å². The molecule has 0 fully saturated rings. The highest BCUT2D eigenvalue weighted by Crippen LogP contribution is 2.41. The van der Waals surface area contributed by atoms with Crippen LogP contribution in [0.1, 0.15) is 56.3 Å². The quantitative estimate of drug-likeness (QED) is 0.192. The number of sulfonamides is 1. The lowest BCUT2D eigenvalue weighted by Gasteiger charge is -2.33. The van der Waals surface area contributed by atoms with Crippen molar-refractivity contribution >= 4 is 38.8 Å². The topological polar surface area (TPSA) is 96.0 Å². The van der Waals surface area contributed by atoms with Crippen LogP contribution in [0.2, 0.25) is 5.02 Å². The minimum absolute atomic E-state index is 0.167. The zero-order chi connectivity index (χ0) is 31.7. The van der Waals surface area contributed by atoms with Gasteiger partial charge in [0.2, 0.25) is 10.0 Å². The third kappa shape index (κ3) is 7.85. The van der Waals surface area contributed by atoms with Gasteiger partial charge in [-0.1, -0.05) is 23.7 Å². The van der Waals surface area contributed by atoms with Crippen LogP contribution in [0.5, 0.6) is 5.75 Å². The average Bonchev–Trinajstić information content (AvgIpc) is 2.93. The first-order valence-corrected chi connectivity index (χ1v) is 16.3. The van der Waals surface area contributed by atoms with Crippen LogP contribution in [-0.4, -0.2) is 42.5 Å². The molecule has 0 bridgehead atoms. The number of hydrogen-bond donors (Lipinski definition) is 0. The number of nitrogens with zero attached hydrogens (tertiary/aromatic N) is 1. The molecule has 2 atom stereocenters. The number of carbonyl (C=O) groups is 1. The predicted molar refractivity (Wildman–Crippen MR) is 156 cm³/mol. The molecule has 0 N–H and O–H groups in total. The highest BCUT2D eigenvalue weighted by atomic mass is 35.5. The maximum absolute atomic E-state index is 13.9. The Bertz CT molecular complexity index is 1590. The lowest BCUT2D eigenvalue weighted by atomic mass is 9.87. The van der Waals surface area contributed by atoms with Crippen molar-refractivity contribution in [3.63, 3.8) is 0 Å². The second-order valence-electron chi connectivity index (χ2n) is 11.0. The molecule has 1 unspecified atom stereocenters.